The van der Waals surface area contributed by atoms with E-state index in [4.69, 9.17) is 26.9 Å². The maximum atomic E-state index is 14.4. The van der Waals surface area contributed by atoms with Crippen molar-refractivity contribution in [2.45, 2.75) is 26.0 Å². The van der Waals surface area contributed by atoms with Gasteiger partial charge in [-0.25, -0.2) is 9.18 Å². The second kappa shape index (κ2) is 6.46. The molecule has 2 rings (SSSR count). The highest BCUT2D eigenvalue weighted by Gasteiger charge is 2.33. The smallest absolute Gasteiger partial charge is 0.407 e. The molecule has 0 radical (unpaired) electrons. The third kappa shape index (κ3) is 3.04. The Hall–Kier alpha value is -1.57. The van der Waals surface area contributed by atoms with Crippen molar-refractivity contribution in [3.05, 3.63) is 28.0 Å². The number of hydrazine groups is 1. The fourth-order valence-corrected chi connectivity index (χ4v) is 2.42. The predicted octanol–water partition coefficient (Wildman–Crippen LogP) is 2.18. The maximum absolute atomic E-state index is 14.4. The first-order valence-electron chi connectivity index (χ1n) is 6.54. The molecule has 0 aliphatic carbocycles. The largest absolute Gasteiger partial charge is 0.493 e. The first-order valence-corrected chi connectivity index (χ1v) is 6.92. The molecule has 0 aromatic heterocycles. The van der Waals surface area contributed by atoms with Crippen LogP contribution < -0.4 is 21.3 Å². The number of benzene rings is 1. The minimum absolute atomic E-state index is 0.0755. The standard InChI is InChI=1S/C13H17ClFN3O3/c1-3-20-12-7(6(2)18-16)4-8(14)11(15)10(12)9-5-17-13(19)21-9/h4,6,9,18H,3,5,16H2,1-2H3,(H,17,19)/t6-,9?/m0/s1. The van der Waals surface area contributed by atoms with E-state index >= 15 is 0 Å². The molecule has 1 aliphatic heterocycles. The van der Waals surface area contributed by atoms with Crippen LogP contribution in [0.5, 0.6) is 5.75 Å². The van der Waals surface area contributed by atoms with Gasteiger partial charge >= 0.3 is 6.09 Å². The van der Waals surface area contributed by atoms with Gasteiger partial charge in [-0.1, -0.05) is 11.6 Å². The lowest BCUT2D eigenvalue weighted by Crippen LogP contribution is -2.26. The van der Waals surface area contributed by atoms with Gasteiger partial charge in [0.15, 0.2) is 11.9 Å². The molecule has 1 unspecified atom stereocenters. The van der Waals surface area contributed by atoms with E-state index in [9.17, 15) is 9.18 Å². The second-order valence-corrected chi connectivity index (χ2v) is 5.01. The number of nitrogens with two attached hydrogens (primary N) is 1. The molecule has 0 saturated carbocycles. The van der Waals surface area contributed by atoms with Crippen LogP contribution in [0.4, 0.5) is 9.18 Å². The molecule has 1 heterocycles. The Morgan fingerprint density at radius 3 is 2.95 bits per heavy atom. The number of amides is 1. The van der Waals surface area contributed by atoms with Crippen molar-refractivity contribution in [2.75, 3.05) is 13.2 Å². The summed E-state index contributed by atoms with van der Waals surface area (Å²) in [6, 6.07) is 1.15. The molecule has 2 atom stereocenters. The average molecular weight is 318 g/mol. The van der Waals surface area contributed by atoms with E-state index in [0.29, 0.717) is 17.9 Å². The van der Waals surface area contributed by atoms with Crippen molar-refractivity contribution in [1.82, 2.24) is 10.7 Å². The van der Waals surface area contributed by atoms with Crippen LogP contribution in [-0.2, 0) is 4.74 Å². The van der Waals surface area contributed by atoms with Crippen LogP contribution in [0.1, 0.15) is 37.1 Å². The van der Waals surface area contributed by atoms with Crippen LogP contribution in [0.3, 0.4) is 0 Å². The minimum atomic E-state index is -0.790. The van der Waals surface area contributed by atoms with Gasteiger partial charge in [0.05, 0.1) is 23.7 Å². The SMILES string of the molecule is CCOc1c([C@H](C)NN)cc(Cl)c(F)c1C1CNC(=O)O1. The Morgan fingerprint density at radius 2 is 2.43 bits per heavy atom. The first kappa shape index (κ1) is 15.8. The van der Waals surface area contributed by atoms with Crippen LogP contribution >= 0.6 is 11.6 Å². The van der Waals surface area contributed by atoms with Crippen LogP contribution in [0, 0.1) is 5.82 Å². The number of carbonyl (C=O) groups excluding carboxylic acids is 1. The molecule has 1 aromatic rings. The minimum Gasteiger partial charge on any atom is -0.493 e. The second-order valence-electron chi connectivity index (χ2n) is 4.60. The predicted molar refractivity (Wildman–Crippen MR) is 75.5 cm³/mol. The zero-order chi connectivity index (χ0) is 15.6. The van der Waals surface area contributed by atoms with Gasteiger partial charge < -0.3 is 14.8 Å². The number of carbonyl (C=O) groups is 1. The summed E-state index contributed by atoms with van der Waals surface area (Å²) in [6.45, 7) is 4.04. The highest BCUT2D eigenvalue weighted by atomic mass is 35.5. The van der Waals surface area contributed by atoms with Crippen LogP contribution in [-0.4, -0.2) is 19.2 Å². The molecule has 1 aromatic carbocycles. The molecule has 1 amide bonds. The maximum Gasteiger partial charge on any atom is 0.407 e. The van der Waals surface area contributed by atoms with Gasteiger partial charge in [0.25, 0.3) is 0 Å². The third-order valence-corrected chi connectivity index (χ3v) is 3.52. The average Bonchev–Trinajstić information content (AvgIpc) is 2.88. The quantitative estimate of drug-likeness (QED) is 0.572. The number of ether oxygens (including phenoxy) is 2. The number of hydrogen-bond acceptors (Lipinski definition) is 5. The van der Waals surface area contributed by atoms with Gasteiger partial charge in [-0.2, -0.15) is 0 Å². The van der Waals surface area contributed by atoms with Gasteiger partial charge in [0.1, 0.15) is 5.75 Å². The third-order valence-electron chi connectivity index (χ3n) is 3.24. The fourth-order valence-electron chi connectivity index (χ4n) is 2.20. The Labute approximate surface area is 126 Å². The lowest BCUT2D eigenvalue weighted by atomic mass is 9.99. The number of alkyl carbamates (subject to hydrolysis) is 1. The molecular weight excluding hydrogens is 301 g/mol. The number of hydrogen-bond donors (Lipinski definition) is 3. The van der Waals surface area contributed by atoms with Crippen molar-refractivity contribution >= 4 is 17.7 Å². The van der Waals surface area contributed by atoms with Gasteiger partial charge in [0, 0.05) is 11.6 Å². The van der Waals surface area contributed by atoms with Gasteiger partial charge in [-0.3, -0.25) is 11.3 Å². The van der Waals surface area contributed by atoms with E-state index in [-0.39, 0.29) is 23.2 Å². The number of nitrogens with one attached hydrogen (secondary N) is 2. The zero-order valence-corrected chi connectivity index (χ0v) is 12.5. The summed E-state index contributed by atoms with van der Waals surface area (Å²) in [5, 5.41) is 2.40. The van der Waals surface area contributed by atoms with Crippen LogP contribution in [0.25, 0.3) is 0 Å². The summed E-state index contributed by atoms with van der Waals surface area (Å²) in [6.07, 6.45) is -1.39. The van der Waals surface area contributed by atoms with Crippen molar-refractivity contribution in [2.24, 2.45) is 5.84 Å². The molecular formula is C13H17ClFN3O3. The van der Waals surface area contributed by atoms with Crippen LogP contribution in [0.15, 0.2) is 6.07 Å². The van der Waals surface area contributed by atoms with E-state index in [1.165, 1.54) is 6.07 Å². The van der Waals surface area contributed by atoms with E-state index in [2.05, 4.69) is 10.7 Å². The van der Waals surface area contributed by atoms with Gasteiger partial charge in [-0.15, -0.1) is 0 Å². The number of rotatable bonds is 5. The highest BCUT2D eigenvalue weighted by molar-refractivity contribution is 6.31. The van der Waals surface area contributed by atoms with Crippen molar-refractivity contribution < 1.29 is 18.7 Å². The number of cyclic esters (lactones) is 1. The Kier molecular flexibility index (Phi) is 4.87. The first-order chi connectivity index (χ1) is 9.99. The summed E-state index contributed by atoms with van der Waals surface area (Å²) in [7, 11) is 0. The molecule has 6 nitrogen and oxygen atoms in total. The summed E-state index contributed by atoms with van der Waals surface area (Å²) < 4.78 is 25.0. The zero-order valence-electron chi connectivity index (χ0n) is 11.7. The van der Waals surface area contributed by atoms with E-state index < -0.39 is 18.0 Å². The Morgan fingerprint density at radius 1 is 1.71 bits per heavy atom. The monoisotopic (exact) mass is 317 g/mol. The molecule has 1 fully saturated rings. The van der Waals surface area contributed by atoms with Crippen LogP contribution in [0.2, 0.25) is 5.02 Å². The van der Waals surface area contributed by atoms with E-state index in [1.807, 2.05) is 0 Å². The molecule has 21 heavy (non-hydrogen) atoms. The highest BCUT2D eigenvalue weighted by Crippen LogP contribution is 2.40. The Balaban J connectivity index is 2.59. The van der Waals surface area contributed by atoms with Gasteiger partial charge in [-0.05, 0) is 19.9 Å². The van der Waals surface area contributed by atoms with Crippen molar-refractivity contribution in [3.63, 3.8) is 0 Å². The molecule has 1 saturated heterocycles. The molecule has 0 bridgehead atoms. The normalized spacial score (nSPS) is 19.1. The summed E-state index contributed by atoms with van der Waals surface area (Å²) >= 11 is 5.95. The lowest BCUT2D eigenvalue weighted by Gasteiger charge is -2.22. The number of halogens is 2. The molecule has 4 N–H and O–H groups in total. The Bertz CT molecular complexity index is 556. The van der Waals surface area contributed by atoms with E-state index in [0.717, 1.165) is 0 Å². The fraction of sp³-hybridized carbons (Fsp3) is 0.462. The molecule has 1 aliphatic rings. The summed E-state index contributed by atoms with van der Waals surface area (Å²) in [4.78, 5) is 11.2. The molecule has 0 spiro atoms. The van der Waals surface area contributed by atoms with Crippen molar-refractivity contribution in [1.29, 1.82) is 0 Å². The summed E-state index contributed by atoms with van der Waals surface area (Å²) in [5.41, 5.74) is 3.29. The lowest BCUT2D eigenvalue weighted by molar-refractivity contribution is 0.137. The van der Waals surface area contributed by atoms with E-state index in [1.54, 1.807) is 13.8 Å². The molecule has 116 valence electrons. The van der Waals surface area contributed by atoms with Crippen molar-refractivity contribution in [3.8, 4) is 5.75 Å². The summed E-state index contributed by atoms with van der Waals surface area (Å²) in [5.74, 6) is 5.08. The van der Waals surface area contributed by atoms with Gasteiger partial charge in [0.2, 0.25) is 0 Å². The topological polar surface area (TPSA) is 85.6 Å². The molecule has 8 heteroatoms.